The number of amides is 1. The van der Waals surface area contributed by atoms with Gasteiger partial charge in [-0.25, -0.2) is 5.01 Å². The third kappa shape index (κ3) is 3.45. The summed E-state index contributed by atoms with van der Waals surface area (Å²) in [6.07, 6.45) is 5.42. The van der Waals surface area contributed by atoms with Gasteiger partial charge in [0.2, 0.25) is 0 Å². The Morgan fingerprint density at radius 1 is 1.00 bits per heavy atom. The standard InChI is InChI=1S/C25H22N2OS/c28-25(22-15-8-16-29-22)27-24(19-11-5-2-6-12-19)21-14-7-13-20(23(21)26-27)17-18-9-3-1-4-10-18/h1-6,8-12,15-17,21,24H,7,13-14H2/b20-17+. The zero-order chi connectivity index (χ0) is 19.6. The second-order valence-electron chi connectivity index (χ2n) is 7.55. The minimum Gasteiger partial charge on any atom is -0.266 e. The lowest BCUT2D eigenvalue weighted by molar-refractivity contribution is 0.0686. The molecule has 2 unspecified atom stereocenters. The maximum atomic E-state index is 13.3. The van der Waals surface area contributed by atoms with Gasteiger partial charge in [-0.3, -0.25) is 4.79 Å². The molecule has 2 aromatic carbocycles. The molecule has 1 amide bonds. The first-order valence-corrected chi connectivity index (χ1v) is 11.0. The molecule has 1 aliphatic heterocycles. The first-order chi connectivity index (χ1) is 14.3. The van der Waals surface area contributed by atoms with E-state index >= 15 is 0 Å². The molecule has 1 aliphatic carbocycles. The van der Waals surface area contributed by atoms with Gasteiger partial charge in [-0.15, -0.1) is 11.3 Å². The van der Waals surface area contributed by atoms with E-state index < -0.39 is 0 Å². The van der Waals surface area contributed by atoms with Crippen LogP contribution in [0, 0.1) is 5.92 Å². The molecule has 1 aromatic heterocycles. The maximum absolute atomic E-state index is 13.3. The molecular formula is C25H22N2OS. The second-order valence-corrected chi connectivity index (χ2v) is 8.49. The predicted molar refractivity (Wildman–Crippen MR) is 119 cm³/mol. The van der Waals surface area contributed by atoms with Crippen LogP contribution in [0.2, 0.25) is 0 Å². The average molecular weight is 399 g/mol. The Bertz CT molecular complexity index is 1050. The summed E-state index contributed by atoms with van der Waals surface area (Å²) < 4.78 is 0. The van der Waals surface area contributed by atoms with Crippen LogP contribution in [0.4, 0.5) is 0 Å². The molecule has 3 aromatic rings. The normalized spacial score (nSPS) is 22.4. The Hall–Kier alpha value is -2.98. The highest BCUT2D eigenvalue weighted by atomic mass is 32.1. The molecule has 4 heteroatoms. The zero-order valence-corrected chi connectivity index (χ0v) is 16.9. The number of hydrazone groups is 1. The summed E-state index contributed by atoms with van der Waals surface area (Å²) in [5.41, 5.74) is 4.68. The van der Waals surface area contributed by atoms with Crippen LogP contribution in [0.5, 0.6) is 0 Å². The molecule has 0 spiro atoms. The molecule has 0 N–H and O–H groups in total. The second kappa shape index (κ2) is 7.80. The summed E-state index contributed by atoms with van der Waals surface area (Å²) in [4.78, 5) is 14.0. The first kappa shape index (κ1) is 18.1. The molecule has 29 heavy (non-hydrogen) atoms. The third-order valence-electron chi connectivity index (χ3n) is 5.72. The number of benzene rings is 2. The van der Waals surface area contributed by atoms with Crippen LogP contribution in [-0.2, 0) is 0 Å². The van der Waals surface area contributed by atoms with Gasteiger partial charge in [0.05, 0.1) is 16.6 Å². The molecular weight excluding hydrogens is 376 g/mol. The van der Waals surface area contributed by atoms with E-state index in [0.29, 0.717) is 0 Å². The van der Waals surface area contributed by atoms with E-state index in [1.807, 2.05) is 41.8 Å². The van der Waals surface area contributed by atoms with Crippen LogP contribution < -0.4 is 0 Å². The summed E-state index contributed by atoms with van der Waals surface area (Å²) in [6, 6.07) is 24.5. The fourth-order valence-electron chi connectivity index (χ4n) is 4.42. The van der Waals surface area contributed by atoms with Crippen molar-refractivity contribution in [3.63, 3.8) is 0 Å². The quantitative estimate of drug-likeness (QED) is 0.518. The minimum absolute atomic E-state index is 0.00480. The van der Waals surface area contributed by atoms with Gasteiger partial charge in [0.15, 0.2) is 0 Å². The van der Waals surface area contributed by atoms with Crippen molar-refractivity contribution >= 4 is 29.0 Å². The van der Waals surface area contributed by atoms with Crippen molar-refractivity contribution in [2.45, 2.75) is 25.3 Å². The summed E-state index contributed by atoms with van der Waals surface area (Å²) in [6.45, 7) is 0. The Morgan fingerprint density at radius 2 is 1.76 bits per heavy atom. The molecule has 0 saturated heterocycles. The Morgan fingerprint density at radius 3 is 2.48 bits per heavy atom. The Labute approximate surface area is 175 Å². The van der Waals surface area contributed by atoms with E-state index in [1.54, 1.807) is 5.01 Å². The molecule has 0 bridgehead atoms. The number of rotatable bonds is 3. The molecule has 3 nitrogen and oxygen atoms in total. The van der Waals surface area contributed by atoms with Crippen molar-refractivity contribution < 1.29 is 4.79 Å². The molecule has 5 rings (SSSR count). The fraction of sp³-hybridized carbons (Fsp3) is 0.200. The molecule has 1 saturated carbocycles. The van der Waals surface area contributed by atoms with E-state index in [4.69, 9.17) is 5.10 Å². The van der Waals surface area contributed by atoms with E-state index in [9.17, 15) is 4.79 Å². The highest BCUT2D eigenvalue weighted by Crippen LogP contribution is 2.45. The molecule has 144 valence electrons. The van der Waals surface area contributed by atoms with Crippen molar-refractivity contribution in [1.82, 2.24) is 5.01 Å². The Balaban J connectivity index is 1.58. The zero-order valence-electron chi connectivity index (χ0n) is 16.1. The topological polar surface area (TPSA) is 32.7 Å². The van der Waals surface area contributed by atoms with Crippen molar-refractivity contribution in [2.75, 3.05) is 0 Å². The lowest BCUT2D eigenvalue weighted by atomic mass is 9.77. The fourth-order valence-corrected chi connectivity index (χ4v) is 5.07. The summed E-state index contributed by atoms with van der Waals surface area (Å²) >= 11 is 1.48. The molecule has 2 aliphatic rings. The van der Waals surface area contributed by atoms with Gasteiger partial charge in [0.25, 0.3) is 5.91 Å². The number of fused-ring (bicyclic) bond motifs is 1. The number of nitrogens with zero attached hydrogens (tertiary/aromatic N) is 2. The number of hydrogen-bond donors (Lipinski definition) is 0. The number of thiophene rings is 1. The van der Waals surface area contributed by atoms with Gasteiger partial charge in [-0.05, 0) is 53.5 Å². The van der Waals surface area contributed by atoms with E-state index in [-0.39, 0.29) is 17.9 Å². The highest BCUT2D eigenvalue weighted by molar-refractivity contribution is 7.12. The predicted octanol–water partition coefficient (Wildman–Crippen LogP) is 6.18. The summed E-state index contributed by atoms with van der Waals surface area (Å²) in [5.74, 6) is 0.236. The average Bonchev–Trinajstić information content (AvgIpc) is 3.43. The van der Waals surface area contributed by atoms with Gasteiger partial charge in [0.1, 0.15) is 0 Å². The molecule has 0 radical (unpaired) electrons. The monoisotopic (exact) mass is 398 g/mol. The van der Waals surface area contributed by atoms with Crippen LogP contribution in [0.15, 0.2) is 88.9 Å². The van der Waals surface area contributed by atoms with E-state index in [0.717, 1.165) is 35.4 Å². The van der Waals surface area contributed by atoms with Crippen LogP contribution in [0.25, 0.3) is 6.08 Å². The van der Waals surface area contributed by atoms with Gasteiger partial charge < -0.3 is 0 Å². The van der Waals surface area contributed by atoms with Crippen LogP contribution in [0.3, 0.4) is 0 Å². The summed E-state index contributed by atoms with van der Waals surface area (Å²) in [7, 11) is 0. The largest absolute Gasteiger partial charge is 0.284 e. The smallest absolute Gasteiger partial charge is 0.266 e. The van der Waals surface area contributed by atoms with Crippen LogP contribution in [0.1, 0.15) is 46.1 Å². The SMILES string of the molecule is O=C(c1cccs1)N1N=C2/C(=C/c3ccccc3)CCCC2C1c1ccccc1. The van der Waals surface area contributed by atoms with Crippen LogP contribution >= 0.6 is 11.3 Å². The number of allylic oxidation sites excluding steroid dienone is 1. The van der Waals surface area contributed by atoms with Gasteiger partial charge in [-0.2, -0.15) is 5.10 Å². The minimum atomic E-state index is -0.0414. The molecule has 1 fully saturated rings. The van der Waals surface area contributed by atoms with Gasteiger partial charge >= 0.3 is 0 Å². The van der Waals surface area contributed by atoms with Crippen LogP contribution in [-0.4, -0.2) is 16.6 Å². The van der Waals surface area contributed by atoms with Crippen molar-refractivity contribution in [1.29, 1.82) is 0 Å². The van der Waals surface area contributed by atoms with Crippen molar-refractivity contribution in [3.05, 3.63) is 99.8 Å². The number of carbonyl (C=O) groups is 1. The third-order valence-corrected chi connectivity index (χ3v) is 6.58. The van der Waals surface area contributed by atoms with Crippen molar-refractivity contribution in [2.24, 2.45) is 11.0 Å². The Kier molecular flexibility index (Phi) is 4.86. The van der Waals surface area contributed by atoms with E-state index in [2.05, 4.69) is 42.5 Å². The molecule has 2 atom stereocenters. The first-order valence-electron chi connectivity index (χ1n) is 10.1. The summed E-state index contributed by atoms with van der Waals surface area (Å²) in [5, 5.41) is 8.63. The van der Waals surface area contributed by atoms with E-state index in [1.165, 1.54) is 22.5 Å². The highest BCUT2D eigenvalue weighted by Gasteiger charge is 2.44. The number of hydrogen-bond acceptors (Lipinski definition) is 3. The van der Waals surface area contributed by atoms with Gasteiger partial charge in [0, 0.05) is 5.92 Å². The van der Waals surface area contributed by atoms with Crippen molar-refractivity contribution in [3.8, 4) is 0 Å². The molecule has 2 heterocycles. The lowest BCUT2D eigenvalue weighted by Gasteiger charge is -2.29. The van der Waals surface area contributed by atoms with Gasteiger partial charge in [-0.1, -0.05) is 66.7 Å². The maximum Gasteiger partial charge on any atom is 0.284 e. The lowest BCUT2D eigenvalue weighted by Crippen LogP contribution is -2.31. The number of carbonyl (C=O) groups excluding carboxylic acids is 1.